The van der Waals surface area contributed by atoms with Crippen molar-refractivity contribution >= 4 is 12.4 Å². The molecule has 0 saturated heterocycles. The van der Waals surface area contributed by atoms with E-state index < -0.39 is 6.67 Å². The molecule has 0 fully saturated rings. The van der Waals surface area contributed by atoms with Gasteiger partial charge in [-0.25, -0.2) is 4.39 Å². The first-order chi connectivity index (χ1) is 9.70. The molecule has 2 aromatic rings. The summed E-state index contributed by atoms with van der Waals surface area (Å²) in [6.45, 7) is 6.61. The van der Waals surface area contributed by atoms with Crippen LogP contribution in [0.15, 0.2) is 24.5 Å². The summed E-state index contributed by atoms with van der Waals surface area (Å²) in [6, 6.07) is 3.93. The fraction of sp³-hybridized carbons (Fsp3) is 0.571. The van der Waals surface area contributed by atoms with Gasteiger partial charge in [0.15, 0.2) is 0 Å². The summed E-state index contributed by atoms with van der Waals surface area (Å²) in [5.74, 6) is 0.569. The molecule has 1 N–H and O–H groups in total. The van der Waals surface area contributed by atoms with Crippen molar-refractivity contribution < 1.29 is 4.39 Å². The molecule has 7 heteroatoms. The molecule has 2 aromatic heterocycles. The number of hydrogen-bond donors (Lipinski definition) is 1. The van der Waals surface area contributed by atoms with Crippen LogP contribution in [0.1, 0.15) is 25.2 Å². The predicted molar refractivity (Wildman–Crippen MR) is 83.1 cm³/mol. The molecule has 5 nitrogen and oxygen atoms in total. The van der Waals surface area contributed by atoms with Gasteiger partial charge in [0.2, 0.25) is 0 Å². The lowest BCUT2D eigenvalue weighted by atomic mass is 10.2. The van der Waals surface area contributed by atoms with Crippen LogP contribution in [0.4, 0.5) is 4.39 Å². The highest BCUT2D eigenvalue weighted by molar-refractivity contribution is 5.85. The minimum Gasteiger partial charge on any atom is -0.306 e. The van der Waals surface area contributed by atoms with Gasteiger partial charge >= 0.3 is 0 Å². The van der Waals surface area contributed by atoms with E-state index in [1.54, 1.807) is 10.9 Å². The predicted octanol–water partition coefficient (Wildman–Crippen LogP) is 2.42. The number of hydrogen-bond acceptors (Lipinski definition) is 3. The van der Waals surface area contributed by atoms with Crippen molar-refractivity contribution in [1.82, 2.24) is 24.9 Å². The fourth-order valence-corrected chi connectivity index (χ4v) is 2.13. The number of nitrogens with zero attached hydrogens (tertiary/aromatic N) is 4. The van der Waals surface area contributed by atoms with E-state index in [-0.39, 0.29) is 12.4 Å². The Morgan fingerprint density at radius 2 is 1.67 bits per heavy atom. The molecule has 118 valence electrons. The summed E-state index contributed by atoms with van der Waals surface area (Å²) in [7, 11) is 0. The Hall–Kier alpha value is -1.40. The van der Waals surface area contributed by atoms with Gasteiger partial charge in [-0.15, -0.1) is 12.4 Å². The smallest absolute Gasteiger partial charge is 0.109 e. The Kier molecular flexibility index (Phi) is 7.39. The van der Waals surface area contributed by atoms with Gasteiger partial charge in [-0.2, -0.15) is 10.2 Å². The van der Waals surface area contributed by atoms with Gasteiger partial charge in [-0.3, -0.25) is 9.36 Å². The van der Waals surface area contributed by atoms with Crippen molar-refractivity contribution in [3.63, 3.8) is 0 Å². The summed E-state index contributed by atoms with van der Waals surface area (Å²) in [5, 5.41) is 11.8. The van der Waals surface area contributed by atoms with Crippen LogP contribution in [-0.4, -0.2) is 26.2 Å². The van der Waals surface area contributed by atoms with Crippen LogP contribution >= 0.6 is 12.4 Å². The summed E-state index contributed by atoms with van der Waals surface area (Å²) in [6.07, 6.45) is 3.53. The summed E-state index contributed by atoms with van der Waals surface area (Å²) < 4.78 is 16.1. The maximum absolute atomic E-state index is 12.4. The summed E-state index contributed by atoms with van der Waals surface area (Å²) in [4.78, 5) is 0. The first kappa shape index (κ1) is 17.7. The maximum Gasteiger partial charge on any atom is 0.109 e. The molecule has 0 aliphatic carbocycles. The van der Waals surface area contributed by atoms with Gasteiger partial charge in [0.05, 0.1) is 17.9 Å². The highest BCUT2D eigenvalue weighted by Gasteiger charge is 2.06. The van der Waals surface area contributed by atoms with Gasteiger partial charge in [0, 0.05) is 32.0 Å². The first-order valence-corrected chi connectivity index (χ1v) is 6.98. The highest BCUT2D eigenvalue weighted by Crippen LogP contribution is 2.05. The van der Waals surface area contributed by atoms with E-state index in [1.165, 1.54) is 0 Å². The molecule has 0 atom stereocenters. The van der Waals surface area contributed by atoms with Gasteiger partial charge in [0.25, 0.3) is 0 Å². The van der Waals surface area contributed by atoms with E-state index >= 15 is 0 Å². The van der Waals surface area contributed by atoms with Crippen molar-refractivity contribution in [3.05, 3.63) is 35.9 Å². The maximum atomic E-state index is 12.4. The lowest BCUT2D eigenvalue weighted by Gasteiger charge is -2.11. The molecule has 2 rings (SSSR count). The Bertz CT molecular complexity index is 523. The minimum atomic E-state index is -0.393. The molecular weight excluding hydrogens is 293 g/mol. The molecule has 21 heavy (non-hydrogen) atoms. The third-order valence-electron chi connectivity index (χ3n) is 3.06. The van der Waals surface area contributed by atoms with E-state index in [0.29, 0.717) is 19.0 Å². The number of aryl methyl sites for hydroxylation is 1. The van der Waals surface area contributed by atoms with Crippen LogP contribution in [0.2, 0.25) is 0 Å². The second kappa shape index (κ2) is 8.79. The Balaban J connectivity index is 0.00000220. The highest BCUT2D eigenvalue weighted by atomic mass is 35.5. The van der Waals surface area contributed by atoms with Crippen molar-refractivity contribution in [2.24, 2.45) is 5.92 Å². The first-order valence-electron chi connectivity index (χ1n) is 6.98. The van der Waals surface area contributed by atoms with E-state index in [1.807, 2.05) is 23.0 Å². The topological polar surface area (TPSA) is 47.7 Å². The number of aromatic nitrogens is 4. The molecule has 0 bridgehead atoms. The molecule has 0 unspecified atom stereocenters. The standard InChI is InChI=1S/C14H22FN5.ClH/c1-12(2)11-20-14(4-7-18-20)10-16-9-13-3-6-17-19(13)8-5-15;/h3-4,6-7,12,16H,5,8-11H2,1-2H3;1H. The van der Waals surface area contributed by atoms with Crippen molar-refractivity contribution in [2.75, 3.05) is 6.67 Å². The molecular formula is C14H23ClFN5. The molecule has 0 aliphatic heterocycles. The molecule has 0 spiro atoms. The Labute approximate surface area is 130 Å². The number of halogens is 2. The van der Waals surface area contributed by atoms with E-state index in [9.17, 15) is 4.39 Å². The minimum absolute atomic E-state index is 0. The summed E-state index contributed by atoms with van der Waals surface area (Å²) in [5.41, 5.74) is 2.16. The van der Waals surface area contributed by atoms with Gasteiger partial charge in [-0.1, -0.05) is 13.8 Å². The Morgan fingerprint density at radius 3 is 2.24 bits per heavy atom. The lowest BCUT2D eigenvalue weighted by Crippen LogP contribution is -2.20. The third kappa shape index (κ3) is 5.13. The van der Waals surface area contributed by atoms with E-state index in [4.69, 9.17) is 0 Å². The van der Waals surface area contributed by atoms with Crippen LogP contribution in [-0.2, 0) is 26.2 Å². The molecule has 0 radical (unpaired) electrons. The third-order valence-corrected chi connectivity index (χ3v) is 3.06. The zero-order valence-corrected chi connectivity index (χ0v) is 13.3. The fourth-order valence-electron chi connectivity index (χ4n) is 2.13. The van der Waals surface area contributed by atoms with Crippen LogP contribution in [0, 0.1) is 5.92 Å². The zero-order chi connectivity index (χ0) is 14.4. The van der Waals surface area contributed by atoms with Crippen LogP contribution < -0.4 is 5.32 Å². The SMILES string of the molecule is CC(C)Cn1nccc1CNCc1ccnn1CCF.Cl. The van der Waals surface area contributed by atoms with E-state index in [0.717, 1.165) is 24.5 Å². The molecule has 2 heterocycles. The summed E-state index contributed by atoms with van der Waals surface area (Å²) >= 11 is 0. The van der Waals surface area contributed by atoms with Crippen molar-refractivity contribution in [1.29, 1.82) is 0 Å². The average molecular weight is 316 g/mol. The normalized spacial score (nSPS) is 10.9. The lowest BCUT2D eigenvalue weighted by molar-refractivity contribution is 0.415. The molecule has 0 aliphatic rings. The quantitative estimate of drug-likeness (QED) is 0.814. The second-order valence-electron chi connectivity index (χ2n) is 5.24. The van der Waals surface area contributed by atoms with Crippen LogP contribution in [0.25, 0.3) is 0 Å². The van der Waals surface area contributed by atoms with Gasteiger partial charge < -0.3 is 5.32 Å². The van der Waals surface area contributed by atoms with Crippen molar-refractivity contribution in [2.45, 2.75) is 40.0 Å². The number of nitrogens with one attached hydrogen (secondary N) is 1. The monoisotopic (exact) mass is 315 g/mol. The van der Waals surface area contributed by atoms with Crippen molar-refractivity contribution in [3.8, 4) is 0 Å². The molecule has 0 saturated carbocycles. The number of rotatable bonds is 8. The van der Waals surface area contributed by atoms with E-state index in [2.05, 4.69) is 29.4 Å². The average Bonchev–Trinajstić information content (AvgIpc) is 3.00. The zero-order valence-electron chi connectivity index (χ0n) is 12.5. The largest absolute Gasteiger partial charge is 0.306 e. The van der Waals surface area contributed by atoms with Crippen LogP contribution in [0.3, 0.4) is 0 Å². The van der Waals surface area contributed by atoms with Gasteiger partial charge in [0.1, 0.15) is 6.67 Å². The molecule has 0 aromatic carbocycles. The number of alkyl halides is 1. The van der Waals surface area contributed by atoms with Gasteiger partial charge in [-0.05, 0) is 18.1 Å². The Morgan fingerprint density at radius 1 is 1.10 bits per heavy atom. The second-order valence-corrected chi connectivity index (χ2v) is 5.24. The molecule has 0 amide bonds. The van der Waals surface area contributed by atoms with Crippen LogP contribution in [0.5, 0.6) is 0 Å².